The van der Waals surface area contributed by atoms with E-state index in [4.69, 9.17) is 0 Å². The van der Waals surface area contributed by atoms with E-state index in [1.807, 2.05) is 54.6 Å². The Kier molecular flexibility index (Phi) is 7.15. The van der Waals surface area contributed by atoms with Gasteiger partial charge in [0.25, 0.3) is 0 Å². The van der Waals surface area contributed by atoms with Crippen LogP contribution in [0.1, 0.15) is 16.7 Å². The molecule has 2 heteroatoms. The summed E-state index contributed by atoms with van der Waals surface area (Å²) < 4.78 is 0. The van der Waals surface area contributed by atoms with Crippen LogP contribution < -0.4 is 0 Å². The summed E-state index contributed by atoms with van der Waals surface area (Å²) >= 11 is 0. The van der Waals surface area contributed by atoms with E-state index in [9.17, 15) is 5.11 Å². The maximum atomic E-state index is 11.4. The minimum Gasteiger partial charge on any atom is -0.389 e. The van der Waals surface area contributed by atoms with Gasteiger partial charge in [0.05, 0.1) is 5.60 Å². The molecule has 120 valence electrons. The second-order valence-electron chi connectivity index (χ2n) is 6.21. The van der Waals surface area contributed by atoms with Gasteiger partial charge in [-0.1, -0.05) is 91.0 Å². The van der Waals surface area contributed by atoms with E-state index < -0.39 is 5.60 Å². The van der Waals surface area contributed by atoms with E-state index in [2.05, 4.69) is 36.4 Å². The summed E-state index contributed by atoms with van der Waals surface area (Å²) in [7, 11) is 0. The average molecular weight is 394 g/mol. The second kappa shape index (κ2) is 9.11. The fourth-order valence-electron chi connectivity index (χ4n) is 3.11. The first-order valence-electron chi connectivity index (χ1n) is 8.08. The molecule has 0 aliphatic heterocycles. The molecule has 0 radical (unpaired) electrons. The molecule has 24 heavy (non-hydrogen) atoms. The quantitative estimate of drug-likeness (QED) is 0.656. The van der Waals surface area contributed by atoms with E-state index in [1.54, 1.807) is 0 Å². The largest absolute Gasteiger partial charge is 0.389 e. The standard InChI is InChI=1S/C22H22O.Zr/c23-22(16-19-10-4-1-5-11-19,17-20-12-6-2-7-13-20)18-21-14-8-3-9-15-21;/h1-15,23H,16-18H2;. The summed E-state index contributed by atoms with van der Waals surface area (Å²) in [5.41, 5.74) is 2.72. The summed E-state index contributed by atoms with van der Waals surface area (Å²) in [6.45, 7) is 0. The normalized spacial score (nSPS) is 10.9. The molecule has 0 atom stereocenters. The predicted molar refractivity (Wildman–Crippen MR) is 95.4 cm³/mol. The molecule has 0 spiro atoms. The number of hydrogen-bond acceptors (Lipinski definition) is 1. The fourth-order valence-corrected chi connectivity index (χ4v) is 3.11. The molecule has 0 bridgehead atoms. The van der Waals surface area contributed by atoms with Crippen molar-refractivity contribution in [3.05, 3.63) is 108 Å². The number of benzene rings is 3. The van der Waals surface area contributed by atoms with Crippen LogP contribution in [-0.4, -0.2) is 10.7 Å². The Labute approximate surface area is 163 Å². The second-order valence-corrected chi connectivity index (χ2v) is 6.21. The number of rotatable bonds is 6. The van der Waals surface area contributed by atoms with Gasteiger partial charge in [0, 0.05) is 45.5 Å². The molecule has 0 aliphatic carbocycles. The molecule has 0 saturated heterocycles. The summed E-state index contributed by atoms with van der Waals surface area (Å²) in [5.74, 6) is 0. The van der Waals surface area contributed by atoms with Crippen molar-refractivity contribution in [2.75, 3.05) is 0 Å². The van der Waals surface area contributed by atoms with Gasteiger partial charge in [0.2, 0.25) is 0 Å². The van der Waals surface area contributed by atoms with Crippen LogP contribution >= 0.6 is 0 Å². The maximum absolute atomic E-state index is 11.4. The van der Waals surface area contributed by atoms with Crippen molar-refractivity contribution >= 4 is 0 Å². The van der Waals surface area contributed by atoms with Crippen LogP contribution in [-0.2, 0) is 45.5 Å². The Bertz CT molecular complexity index is 609. The molecule has 0 heterocycles. The van der Waals surface area contributed by atoms with Crippen molar-refractivity contribution in [1.29, 1.82) is 0 Å². The van der Waals surface area contributed by atoms with Crippen molar-refractivity contribution in [3.8, 4) is 0 Å². The summed E-state index contributed by atoms with van der Waals surface area (Å²) in [5, 5.41) is 11.4. The van der Waals surface area contributed by atoms with Crippen LogP contribution in [0.15, 0.2) is 91.0 Å². The molecule has 0 unspecified atom stereocenters. The van der Waals surface area contributed by atoms with Crippen LogP contribution in [0.5, 0.6) is 0 Å². The van der Waals surface area contributed by atoms with Crippen molar-refractivity contribution in [2.24, 2.45) is 0 Å². The Morgan fingerprint density at radius 1 is 0.500 bits per heavy atom. The van der Waals surface area contributed by atoms with Crippen molar-refractivity contribution in [2.45, 2.75) is 24.9 Å². The van der Waals surface area contributed by atoms with Crippen molar-refractivity contribution < 1.29 is 31.3 Å². The Morgan fingerprint density at radius 2 is 0.750 bits per heavy atom. The van der Waals surface area contributed by atoms with E-state index in [1.165, 1.54) is 16.7 Å². The van der Waals surface area contributed by atoms with Crippen LogP contribution in [0.2, 0.25) is 0 Å². The molecule has 0 amide bonds. The third-order valence-corrected chi connectivity index (χ3v) is 4.13. The molecule has 1 nitrogen and oxygen atoms in total. The van der Waals surface area contributed by atoms with Crippen LogP contribution in [0.4, 0.5) is 0 Å². The summed E-state index contributed by atoms with van der Waals surface area (Å²) in [6.07, 6.45) is 1.95. The molecule has 1 N–H and O–H groups in total. The van der Waals surface area contributed by atoms with Gasteiger partial charge < -0.3 is 5.11 Å². The smallest absolute Gasteiger partial charge is 0.0768 e. The Balaban J connectivity index is 0.00000208. The number of hydrogen-bond donors (Lipinski definition) is 1. The zero-order valence-corrected chi connectivity index (χ0v) is 16.2. The maximum Gasteiger partial charge on any atom is 0.0768 e. The minimum absolute atomic E-state index is 0. The first kappa shape index (κ1) is 18.8. The minimum atomic E-state index is -0.788. The van der Waals surface area contributed by atoms with Gasteiger partial charge in [-0.05, 0) is 16.7 Å². The molecule has 0 fully saturated rings. The molecule has 3 rings (SSSR count). The molecule has 0 aromatic heterocycles. The zero-order chi connectivity index (χ0) is 16.0. The van der Waals surface area contributed by atoms with Gasteiger partial charge in [-0.3, -0.25) is 0 Å². The summed E-state index contributed by atoms with van der Waals surface area (Å²) in [6, 6.07) is 30.7. The van der Waals surface area contributed by atoms with Crippen molar-refractivity contribution in [3.63, 3.8) is 0 Å². The van der Waals surface area contributed by atoms with Gasteiger partial charge in [-0.2, -0.15) is 0 Å². The zero-order valence-electron chi connectivity index (χ0n) is 13.7. The molecular formula is C22H22OZr. The third-order valence-electron chi connectivity index (χ3n) is 4.13. The van der Waals surface area contributed by atoms with Gasteiger partial charge in [-0.25, -0.2) is 0 Å². The van der Waals surface area contributed by atoms with E-state index in [-0.39, 0.29) is 26.2 Å². The van der Waals surface area contributed by atoms with Crippen LogP contribution in [0.25, 0.3) is 0 Å². The topological polar surface area (TPSA) is 20.2 Å². The van der Waals surface area contributed by atoms with Crippen LogP contribution in [0, 0.1) is 0 Å². The molecule has 3 aromatic rings. The monoisotopic (exact) mass is 392 g/mol. The summed E-state index contributed by atoms with van der Waals surface area (Å²) in [4.78, 5) is 0. The Hall–Kier alpha value is -1.50. The van der Waals surface area contributed by atoms with E-state index in [0.717, 1.165) is 0 Å². The number of aliphatic hydroxyl groups is 1. The SMILES string of the molecule is OC(Cc1ccccc1)(Cc1ccccc1)Cc1ccccc1.[Zr]. The molecule has 0 aliphatic rings. The van der Waals surface area contributed by atoms with Gasteiger partial charge in [0.15, 0.2) is 0 Å². The Morgan fingerprint density at radius 3 is 1.00 bits per heavy atom. The van der Waals surface area contributed by atoms with Crippen LogP contribution in [0.3, 0.4) is 0 Å². The average Bonchev–Trinajstić information content (AvgIpc) is 2.57. The fraction of sp³-hybridized carbons (Fsp3) is 0.182. The van der Waals surface area contributed by atoms with Gasteiger partial charge in [-0.15, -0.1) is 0 Å². The van der Waals surface area contributed by atoms with E-state index in [0.29, 0.717) is 19.3 Å². The molecular weight excluding hydrogens is 371 g/mol. The van der Waals surface area contributed by atoms with Gasteiger partial charge in [0.1, 0.15) is 0 Å². The van der Waals surface area contributed by atoms with Gasteiger partial charge >= 0.3 is 0 Å². The van der Waals surface area contributed by atoms with E-state index >= 15 is 0 Å². The first-order valence-corrected chi connectivity index (χ1v) is 8.08. The molecule has 0 saturated carbocycles. The first-order chi connectivity index (χ1) is 11.2. The third kappa shape index (κ3) is 5.54. The predicted octanol–water partition coefficient (Wildman–Crippen LogP) is 4.44. The van der Waals surface area contributed by atoms with Crippen molar-refractivity contribution in [1.82, 2.24) is 0 Å². The molecule has 3 aromatic carbocycles.